The van der Waals surface area contributed by atoms with Gasteiger partial charge in [-0.3, -0.25) is 28.5 Å². The number of hydrogen-bond acceptors (Lipinski definition) is 8. The fourth-order valence-corrected chi connectivity index (χ4v) is 12.7. The smallest absolute Gasteiger partial charge is 0.263 e. The molecule has 0 aliphatic carbocycles. The van der Waals surface area contributed by atoms with Crippen LogP contribution < -0.4 is 38.0 Å². The molecule has 0 unspecified atom stereocenters. The van der Waals surface area contributed by atoms with E-state index in [4.69, 9.17) is 4.99 Å². The molecule has 2 heterocycles. The summed E-state index contributed by atoms with van der Waals surface area (Å²) in [5.74, 6) is -0.0187. The van der Waals surface area contributed by atoms with Crippen molar-refractivity contribution in [2.75, 3.05) is 42.1 Å². The van der Waals surface area contributed by atoms with Crippen LogP contribution in [-0.2, 0) is 0 Å². The van der Waals surface area contributed by atoms with Gasteiger partial charge in [-0.2, -0.15) is 0 Å². The summed E-state index contributed by atoms with van der Waals surface area (Å²) in [5.41, 5.74) is 1.58. The molecule has 7 rings (SSSR count). The Bertz CT molecular complexity index is 3150. The van der Waals surface area contributed by atoms with Gasteiger partial charge in [0.2, 0.25) is 5.88 Å². The van der Waals surface area contributed by atoms with Crippen LogP contribution in [0, 0.1) is 0 Å². The maximum atomic E-state index is 15.5. The molecule has 5 aromatic carbocycles. The molecule has 416 valence electrons. The lowest BCUT2D eigenvalue weighted by molar-refractivity contribution is 0.362. The van der Waals surface area contributed by atoms with Crippen LogP contribution in [0.4, 0.5) is 17.1 Å². The molecule has 0 saturated heterocycles. The predicted molar refractivity (Wildman–Crippen MR) is 330 cm³/mol. The Morgan fingerprint density at radius 3 is 1.08 bits per heavy atom. The van der Waals surface area contributed by atoms with Crippen LogP contribution in [0.3, 0.4) is 0 Å². The lowest BCUT2D eigenvalue weighted by Crippen LogP contribution is -2.37. The number of nitrogens with one attached hydrogen (secondary N) is 3. The molecule has 0 bridgehead atoms. The van der Waals surface area contributed by atoms with E-state index in [1.807, 2.05) is 0 Å². The van der Waals surface area contributed by atoms with E-state index in [9.17, 15) is 5.11 Å². The number of rotatable bonds is 37. The Kier molecular flexibility index (Phi) is 22.4. The van der Waals surface area contributed by atoms with Crippen LogP contribution >= 0.6 is 0 Å². The van der Waals surface area contributed by atoms with Gasteiger partial charge < -0.3 is 21.1 Å². The van der Waals surface area contributed by atoms with Crippen molar-refractivity contribution >= 4 is 81.7 Å². The fraction of sp³-hybridized carbons (Fsp3) is 0.636. The number of fused-ring (bicyclic) bond motifs is 2. The van der Waals surface area contributed by atoms with Crippen molar-refractivity contribution in [2.24, 2.45) is 4.99 Å². The Hall–Kier alpha value is -5.12. The third-order valence-corrected chi connectivity index (χ3v) is 17.1. The zero-order valence-electron chi connectivity index (χ0n) is 48.6. The molecular weight excluding hydrogens is 941 g/mol. The SMILES string of the molecule is CCCCCCCCN=c1cc2c3cc(NCCCCCCCC)c4c(=O)n(C(CC)CC)c(=O)c5c(NCCCCCCCC)cc(c6cc(NCCCCCCCC)c7c(=O)n(C(CC)CC)c(O)c1c7c62)c3c54. The van der Waals surface area contributed by atoms with Gasteiger partial charge in [-0.05, 0) is 108 Å². The molecule has 2 aromatic heterocycles. The van der Waals surface area contributed by atoms with Crippen molar-refractivity contribution in [1.82, 2.24) is 9.13 Å². The zero-order chi connectivity index (χ0) is 54.1. The Morgan fingerprint density at radius 2 is 0.697 bits per heavy atom. The molecule has 76 heavy (non-hydrogen) atoms. The van der Waals surface area contributed by atoms with Crippen LogP contribution in [0.15, 0.2) is 43.6 Å². The lowest BCUT2D eigenvalue weighted by atomic mass is 9.84. The quantitative estimate of drug-likeness (QED) is 0.0173. The Balaban J connectivity index is 1.62. The summed E-state index contributed by atoms with van der Waals surface area (Å²) in [6.45, 7) is 20.0. The maximum Gasteiger partial charge on any atom is 0.263 e. The largest absolute Gasteiger partial charge is 0.494 e. The van der Waals surface area contributed by atoms with Gasteiger partial charge in [-0.15, -0.1) is 0 Å². The van der Waals surface area contributed by atoms with Gasteiger partial charge in [0, 0.05) is 66.1 Å². The standard InChI is InChI=1S/C66H98N6O4/c1-9-17-21-25-29-33-37-67-51-41-47-48-42-53(69-39-35-31-27-23-19-11-3)59-62-56(48)50(44-54(70-40-36-32-28-24-20-12-4)60(62)66(76)72(65(59)75)46(15-7)16-8)49-43-52(68-38-34-30-26-22-18-10-2)58-61(55(47)49)57(51)63(73)71(64(58)74)45(13-5)14-6/h41-46,67-69,76H,9-40H2,1-8H3. The van der Waals surface area contributed by atoms with Gasteiger partial charge in [0.15, 0.2) is 0 Å². The first kappa shape index (κ1) is 58.6. The van der Waals surface area contributed by atoms with Gasteiger partial charge in [0.05, 0.1) is 26.9 Å². The number of aromatic nitrogens is 2. The molecule has 0 aliphatic rings. The number of unbranched alkanes of at least 4 members (excludes halogenated alkanes) is 20. The van der Waals surface area contributed by atoms with Crippen LogP contribution in [0.2, 0.25) is 0 Å². The molecule has 0 atom stereocenters. The molecule has 10 heteroatoms. The van der Waals surface area contributed by atoms with E-state index in [2.05, 4.69) is 95.6 Å². The van der Waals surface area contributed by atoms with Crippen molar-refractivity contribution in [3.05, 3.63) is 60.7 Å². The monoisotopic (exact) mass is 1040 g/mol. The summed E-state index contributed by atoms with van der Waals surface area (Å²) in [6, 6.07) is 8.26. The van der Waals surface area contributed by atoms with Gasteiger partial charge >= 0.3 is 0 Å². The highest BCUT2D eigenvalue weighted by Crippen LogP contribution is 2.49. The molecule has 0 saturated carbocycles. The Morgan fingerprint density at radius 1 is 0.382 bits per heavy atom. The Labute approximate surface area is 454 Å². The van der Waals surface area contributed by atoms with Gasteiger partial charge in [-0.25, -0.2) is 0 Å². The van der Waals surface area contributed by atoms with Crippen LogP contribution in [0.5, 0.6) is 5.88 Å². The van der Waals surface area contributed by atoms with Crippen LogP contribution in [0.1, 0.15) is 247 Å². The topological polar surface area (TPSA) is 130 Å². The highest BCUT2D eigenvalue weighted by atomic mass is 16.3. The first-order valence-electron chi connectivity index (χ1n) is 31.2. The average Bonchev–Trinajstić information content (AvgIpc) is 3.46. The number of pyridine rings is 2. The summed E-state index contributed by atoms with van der Waals surface area (Å²) >= 11 is 0. The normalized spacial score (nSPS) is 12.6. The molecule has 0 spiro atoms. The van der Waals surface area contributed by atoms with E-state index < -0.39 is 0 Å². The third-order valence-electron chi connectivity index (χ3n) is 17.1. The summed E-state index contributed by atoms with van der Waals surface area (Å²) < 4.78 is 3.24. The van der Waals surface area contributed by atoms with Crippen LogP contribution in [0.25, 0.3) is 64.6 Å². The molecule has 7 aromatic rings. The number of hydrogen-bond donors (Lipinski definition) is 4. The maximum absolute atomic E-state index is 15.5. The zero-order valence-corrected chi connectivity index (χ0v) is 48.6. The number of anilines is 3. The van der Waals surface area contributed by atoms with Crippen molar-refractivity contribution in [3.63, 3.8) is 0 Å². The van der Waals surface area contributed by atoms with E-state index in [1.165, 1.54) is 96.3 Å². The molecular formula is C66H98N6O4. The van der Waals surface area contributed by atoms with E-state index in [0.29, 0.717) is 84.2 Å². The van der Waals surface area contributed by atoms with Crippen molar-refractivity contribution < 1.29 is 5.11 Å². The fourth-order valence-electron chi connectivity index (χ4n) is 12.7. The second kappa shape index (κ2) is 29.0. The highest BCUT2D eigenvalue weighted by molar-refractivity contribution is 6.42. The summed E-state index contributed by atoms with van der Waals surface area (Å²) in [6.07, 6.45) is 30.2. The van der Waals surface area contributed by atoms with Gasteiger partial charge in [0.1, 0.15) is 0 Å². The lowest BCUT2D eigenvalue weighted by Gasteiger charge is -2.26. The summed E-state index contributed by atoms with van der Waals surface area (Å²) in [4.78, 5) is 52.0. The second-order valence-electron chi connectivity index (χ2n) is 22.5. The number of aromatic hydroxyl groups is 1. The third kappa shape index (κ3) is 12.6. The molecule has 4 N–H and O–H groups in total. The number of nitrogens with zero attached hydrogens (tertiary/aromatic N) is 3. The molecule has 10 nitrogen and oxygen atoms in total. The van der Waals surface area contributed by atoms with Crippen LogP contribution in [-0.4, -0.2) is 40.4 Å². The summed E-state index contributed by atoms with van der Waals surface area (Å²) in [5, 5.41) is 34.3. The molecule has 0 amide bonds. The van der Waals surface area contributed by atoms with E-state index in [-0.39, 0.29) is 34.6 Å². The highest BCUT2D eigenvalue weighted by Gasteiger charge is 2.30. The van der Waals surface area contributed by atoms with Crippen molar-refractivity contribution in [1.29, 1.82) is 0 Å². The average molecular weight is 1040 g/mol. The van der Waals surface area contributed by atoms with E-state index >= 15 is 14.4 Å². The minimum atomic E-state index is -0.248. The van der Waals surface area contributed by atoms with E-state index in [0.717, 1.165) is 113 Å². The molecule has 0 radical (unpaired) electrons. The molecule has 0 aliphatic heterocycles. The minimum Gasteiger partial charge on any atom is -0.494 e. The summed E-state index contributed by atoms with van der Waals surface area (Å²) in [7, 11) is 0. The molecule has 0 fully saturated rings. The van der Waals surface area contributed by atoms with Crippen molar-refractivity contribution in [3.8, 4) is 5.88 Å². The minimum absolute atomic E-state index is 0.0187. The number of benzene rings is 5. The predicted octanol–water partition coefficient (Wildman–Crippen LogP) is 17.6. The van der Waals surface area contributed by atoms with Crippen molar-refractivity contribution in [2.45, 2.75) is 247 Å². The van der Waals surface area contributed by atoms with Gasteiger partial charge in [0.25, 0.3) is 16.7 Å². The first-order chi connectivity index (χ1) is 37.2. The first-order valence-corrected chi connectivity index (χ1v) is 31.2. The van der Waals surface area contributed by atoms with E-state index in [1.54, 1.807) is 9.13 Å². The van der Waals surface area contributed by atoms with Gasteiger partial charge in [-0.1, -0.05) is 184 Å². The second-order valence-corrected chi connectivity index (χ2v) is 22.5.